The van der Waals surface area contributed by atoms with Crippen molar-refractivity contribution >= 4 is 17.8 Å². The lowest BCUT2D eigenvalue weighted by atomic mass is 9.88. The van der Waals surface area contributed by atoms with Crippen LogP contribution in [-0.4, -0.2) is 297 Å². The maximum Gasteiger partial charge on any atom is 0.364 e. The van der Waals surface area contributed by atoms with Crippen LogP contribution >= 0.6 is 0 Å². The van der Waals surface area contributed by atoms with Crippen molar-refractivity contribution < 1.29 is 144 Å². The molecule has 0 aliphatic carbocycles. The third kappa shape index (κ3) is 11.8. The summed E-state index contributed by atoms with van der Waals surface area (Å²) in [4.78, 5) is 37.4. The van der Waals surface area contributed by atoms with E-state index in [1.807, 2.05) is 0 Å². The van der Waals surface area contributed by atoms with Gasteiger partial charge in [-0.1, -0.05) is 0 Å². The van der Waals surface area contributed by atoms with Crippen LogP contribution < -0.4 is 10.6 Å². The maximum absolute atomic E-state index is 12.9. The summed E-state index contributed by atoms with van der Waals surface area (Å²) >= 11 is 0. The molecular formula is C37H62N2O29. The summed E-state index contributed by atoms with van der Waals surface area (Å²) in [7, 11) is 0. The highest BCUT2D eigenvalue weighted by Crippen LogP contribution is 2.39. The topological polar surface area (TPSA) is 502 Å². The molecule has 31 nitrogen and oxygen atoms in total. The number of aliphatic hydroxyl groups excluding tert-OH is 16. The van der Waals surface area contributed by atoms with Gasteiger partial charge in [0.05, 0.1) is 45.2 Å². The van der Waals surface area contributed by atoms with E-state index in [0.29, 0.717) is 0 Å². The van der Waals surface area contributed by atoms with Crippen molar-refractivity contribution in [2.45, 2.75) is 179 Å². The van der Waals surface area contributed by atoms with Crippen molar-refractivity contribution in [2.75, 3.05) is 33.0 Å². The summed E-state index contributed by atoms with van der Waals surface area (Å²) in [5.41, 5.74) is 0. The largest absolute Gasteiger partial charge is 0.477 e. The minimum absolute atomic E-state index is 0.811. The minimum atomic E-state index is -3.17. The van der Waals surface area contributed by atoms with Gasteiger partial charge in [-0.3, -0.25) is 9.59 Å². The lowest BCUT2D eigenvalue weighted by molar-refractivity contribution is -0.390. The Bertz CT molecular complexity index is 1660. The average molecular weight is 999 g/mol. The van der Waals surface area contributed by atoms with Gasteiger partial charge in [-0.05, 0) is 0 Å². The second kappa shape index (κ2) is 23.8. The number of aliphatic carboxylic acids is 1. The number of amides is 2. The van der Waals surface area contributed by atoms with Crippen molar-refractivity contribution in [2.24, 2.45) is 0 Å². The van der Waals surface area contributed by atoms with Crippen LogP contribution in [0, 0.1) is 0 Å². The van der Waals surface area contributed by atoms with Crippen molar-refractivity contribution in [1.29, 1.82) is 0 Å². The molecule has 0 spiro atoms. The molecule has 26 atom stereocenters. The molecule has 0 radical (unpaired) electrons. The van der Waals surface area contributed by atoms with Gasteiger partial charge in [0.25, 0.3) is 5.79 Å². The molecule has 0 bridgehead atoms. The Labute approximate surface area is 384 Å². The summed E-state index contributed by atoms with van der Waals surface area (Å²) in [5, 5.41) is 185. The summed E-state index contributed by atoms with van der Waals surface area (Å²) < 4.78 is 50.5. The molecule has 394 valence electrons. The molecule has 5 fully saturated rings. The van der Waals surface area contributed by atoms with Crippen molar-refractivity contribution in [3.05, 3.63) is 0 Å². The number of nitrogens with one attached hydrogen (secondary N) is 2. The maximum atomic E-state index is 12.9. The van der Waals surface area contributed by atoms with E-state index in [9.17, 15) is 101 Å². The number of carbonyl (C=O) groups is 3. The van der Waals surface area contributed by atoms with Crippen molar-refractivity contribution in [3.8, 4) is 0 Å². The van der Waals surface area contributed by atoms with Crippen LogP contribution in [-0.2, 0) is 57.0 Å². The zero-order valence-electron chi connectivity index (χ0n) is 36.2. The Balaban J connectivity index is 1.40. The number of carboxylic acids is 1. The van der Waals surface area contributed by atoms with Crippen LogP contribution in [0.2, 0.25) is 0 Å². The molecule has 0 aromatic heterocycles. The molecule has 5 heterocycles. The smallest absolute Gasteiger partial charge is 0.364 e. The zero-order chi connectivity index (χ0) is 50.7. The highest BCUT2D eigenvalue weighted by Gasteiger charge is 2.61. The molecule has 5 rings (SSSR count). The van der Waals surface area contributed by atoms with Crippen LogP contribution in [0.3, 0.4) is 0 Å². The van der Waals surface area contributed by atoms with Crippen LogP contribution in [0.1, 0.15) is 20.3 Å². The van der Waals surface area contributed by atoms with E-state index < -0.39 is 216 Å². The number of aliphatic hydroxyl groups is 16. The Morgan fingerprint density at radius 3 is 1.53 bits per heavy atom. The summed E-state index contributed by atoms with van der Waals surface area (Å²) in [6, 6.07) is -3.47. The van der Waals surface area contributed by atoms with Crippen LogP contribution in [0.25, 0.3) is 0 Å². The molecule has 0 saturated carbocycles. The van der Waals surface area contributed by atoms with Gasteiger partial charge in [-0.25, -0.2) is 4.79 Å². The SMILES string of the molecule is CC(=O)N[C@H]1[C@H](O[C@H]2[C@@H](O)[C@@H](CO)O[C@@H](O[C@H]3[C@H](O)[C@@H](O)C(O)O[C@@H]3CO)[C@@H]2O)O[C@H](CO)[C@@H](O[C@@H]2O[C@H](CO)[C@H](O)[C@H](O[C@]3(C(=O)O)C[C@H](O)[C@@H](NC(C)=O)[C@H]([C@H](O)[C@H](O)CO)O3)[C@H]2O)[C@@H]1O. The molecule has 0 aromatic rings. The highest BCUT2D eigenvalue weighted by molar-refractivity contribution is 5.76. The summed E-state index contributed by atoms with van der Waals surface area (Å²) in [6.07, 6.45) is -47.0. The Morgan fingerprint density at radius 1 is 0.574 bits per heavy atom. The molecule has 5 saturated heterocycles. The number of hydrogen-bond acceptors (Lipinski definition) is 28. The monoisotopic (exact) mass is 998 g/mol. The van der Waals surface area contributed by atoms with Gasteiger partial charge in [-0.15, -0.1) is 0 Å². The molecule has 5 aliphatic heterocycles. The van der Waals surface area contributed by atoms with Gasteiger partial charge >= 0.3 is 5.97 Å². The molecular weight excluding hydrogens is 936 g/mol. The van der Waals surface area contributed by atoms with Gasteiger partial charge in [0.1, 0.15) is 116 Å². The number of ether oxygens (including phenoxy) is 9. The Hall–Kier alpha value is -2.59. The fourth-order valence-electron chi connectivity index (χ4n) is 8.54. The molecule has 68 heavy (non-hydrogen) atoms. The van der Waals surface area contributed by atoms with Crippen LogP contribution in [0.4, 0.5) is 0 Å². The average Bonchev–Trinajstić information content (AvgIpc) is 3.29. The molecule has 0 aromatic carbocycles. The van der Waals surface area contributed by atoms with Crippen molar-refractivity contribution in [3.63, 3.8) is 0 Å². The van der Waals surface area contributed by atoms with Crippen LogP contribution in [0.5, 0.6) is 0 Å². The fraction of sp³-hybridized carbons (Fsp3) is 0.919. The predicted octanol–water partition coefficient (Wildman–Crippen LogP) is -12.4. The second-order valence-electron chi connectivity index (χ2n) is 16.8. The van der Waals surface area contributed by atoms with Gasteiger partial charge < -0.3 is 140 Å². The zero-order valence-corrected chi connectivity index (χ0v) is 36.2. The third-order valence-corrected chi connectivity index (χ3v) is 12.1. The molecule has 31 heteroatoms. The standard InChI is InChI=1S/C37H62N2O29/c1-9(45)38-17-11(47)3-37(36(58)59,67-29(17)19(49)12(48)4-40)68-31-21(51)14(6-42)62-35(26(31)56)64-27-16(8-44)63-33(18(22(27)52)39-10(2)46)66-30-20(50)13(5-41)61-34(25(30)55)65-28-15(7-43)60-32(57)24(54)23(28)53/h11-35,40-44,47-57H,3-8H2,1-2H3,(H,38,45)(H,39,46)(H,58,59)/t11-,12+,13+,14+,15+,16+,17+,18+,19+,20-,21-,22+,23+,24+,25+,26+,27+,28+,29+,30-,31-,32?,33-,34-,35-,37-/m0/s1. The molecule has 1 unspecified atom stereocenters. The normalized spacial score (nSPS) is 46.6. The van der Waals surface area contributed by atoms with E-state index in [0.717, 1.165) is 13.8 Å². The lowest BCUT2D eigenvalue weighted by Crippen LogP contribution is -2.71. The highest BCUT2D eigenvalue weighted by atomic mass is 16.8. The van der Waals surface area contributed by atoms with E-state index in [-0.39, 0.29) is 0 Å². The molecule has 2 amide bonds. The second-order valence-corrected chi connectivity index (χ2v) is 16.8. The summed E-state index contributed by atoms with van der Waals surface area (Å²) in [5.74, 6) is -6.92. The quantitative estimate of drug-likeness (QED) is 0.0606. The predicted molar refractivity (Wildman–Crippen MR) is 207 cm³/mol. The number of hydrogen-bond donors (Lipinski definition) is 19. The molecule has 19 N–H and O–H groups in total. The number of carboxylic acid groups (broad SMARTS) is 1. The summed E-state index contributed by atoms with van der Waals surface area (Å²) in [6.45, 7) is -3.23. The van der Waals surface area contributed by atoms with E-state index >= 15 is 0 Å². The minimum Gasteiger partial charge on any atom is -0.477 e. The first-order valence-electron chi connectivity index (χ1n) is 21.2. The van der Waals surface area contributed by atoms with Gasteiger partial charge in [0.2, 0.25) is 11.8 Å². The van der Waals surface area contributed by atoms with E-state index in [1.54, 1.807) is 0 Å². The van der Waals surface area contributed by atoms with E-state index in [1.165, 1.54) is 0 Å². The first kappa shape index (κ1) is 56.3. The van der Waals surface area contributed by atoms with E-state index in [2.05, 4.69) is 10.6 Å². The molecule has 5 aliphatic rings. The van der Waals surface area contributed by atoms with Gasteiger partial charge in [0.15, 0.2) is 25.2 Å². The first-order valence-corrected chi connectivity index (χ1v) is 21.2. The Morgan fingerprint density at radius 2 is 1.03 bits per heavy atom. The van der Waals surface area contributed by atoms with Gasteiger partial charge in [0, 0.05) is 20.3 Å². The van der Waals surface area contributed by atoms with E-state index in [4.69, 9.17) is 42.6 Å². The third-order valence-electron chi connectivity index (χ3n) is 12.1. The number of rotatable bonds is 18. The Kier molecular flexibility index (Phi) is 19.7. The van der Waals surface area contributed by atoms with Crippen molar-refractivity contribution in [1.82, 2.24) is 10.6 Å². The van der Waals surface area contributed by atoms with Gasteiger partial charge in [-0.2, -0.15) is 0 Å². The first-order chi connectivity index (χ1) is 32.0. The number of carbonyl (C=O) groups excluding carboxylic acids is 2. The fourth-order valence-corrected chi connectivity index (χ4v) is 8.54. The lowest BCUT2D eigenvalue weighted by Gasteiger charge is -2.51. The van der Waals surface area contributed by atoms with Crippen LogP contribution in [0.15, 0.2) is 0 Å².